The molecule has 3 aromatic carbocycles. The van der Waals surface area contributed by atoms with Gasteiger partial charge in [-0.3, -0.25) is 34.3 Å². The lowest BCUT2D eigenvalue weighted by Crippen LogP contribution is -2.52. The number of amides is 5. The lowest BCUT2D eigenvalue weighted by atomic mass is 9.63. The quantitative estimate of drug-likeness (QED) is 0.101. The average molecular weight is 959 g/mol. The third-order valence-electron chi connectivity index (χ3n) is 14.2. The fourth-order valence-electron chi connectivity index (χ4n) is 11.2. The first-order valence-electron chi connectivity index (χ1n) is 22.5. The van der Waals surface area contributed by atoms with Gasteiger partial charge in [0.1, 0.15) is 29.3 Å². The van der Waals surface area contributed by atoms with Gasteiger partial charge in [0.05, 0.1) is 17.8 Å². The molecule has 5 aliphatic heterocycles. The molecule has 1 unspecified atom stereocenters. The van der Waals surface area contributed by atoms with Crippen molar-refractivity contribution in [2.45, 2.75) is 101 Å². The third-order valence-corrected chi connectivity index (χ3v) is 14.5. The van der Waals surface area contributed by atoms with E-state index >= 15 is 4.39 Å². The van der Waals surface area contributed by atoms with E-state index < -0.39 is 64.4 Å². The first-order chi connectivity index (χ1) is 32.2. The van der Waals surface area contributed by atoms with Gasteiger partial charge in [-0.15, -0.1) is 0 Å². The molecule has 3 fully saturated rings. The van der Waals surface area contributed by atoms with Crippen LogP contribution < -0.4 is 31.3 Å². The van der Waals surface area contributed by atoms with E-state index in [4.69, 9.17) is 22.1 Å². The number of likely N-dealkylation sites (tertiary alicyclic amines) is 1. The zero-order chi connectivity index (χ0) is 48.6. The second kappa shape index (κ2) is 17.3. The number of alkyl halides is 3. The zero-order valence-corrected chi connectivity index (χ0v) is 38.6. The van der Waals surface area contributed by atoms with Crippen LogP contribution in [-0.4, -0.2) is 95.2 Å². The normalized spacial score (nSPS) is 24.0. The Morgan fingerprint density at radius 1 is 1.01 bits per heavy atom. The summed E-state index contributed by atoms with van der Waals surface area (Å²) in [6.07, 6.45) is -1.58. The number of fused-ring (bicyclic) bond motifs is 3. The Kier molecular flexibility index (Phi) is 11.9. The Bertz CT molecular complexity index is 2740. The fourth-order valence-corrected chi connectivity index (χ4v) is 11.3. The minimum Gasteiger partial charge on any atom is -0.495 e. The van der Waals surface area contributed by atoms with Crippen LogP contribution in [0, 0.1) is 11.2 Å². The standard InChI is InChI=1S/C49H51ClF4N8O6/c1-47(2,3)21-38-48(24-57-33-20-37(49(52,53)54)56-22-31(33)48)40(30-6-5-7-32(50)41(30)51)42(43(55)64)62(38)34-11-8-25(19-36(34)68-4)45(66)60-16-14-27(15-17-60)58-28-9-10-29-26(18-28)23-61(46(29)67)35-12-13-39(63)59-44(35)65/h5-11,18-20,22,27,35,38,40,42,57-58H,12-17,21,23-24H2,1-4H3,(H2,55,64)(H,59,63,65)/t35?,38-,40-,42+,48-/m0/s1. The van der Waals surface area contributed by atoms with Crippen LogP contribution in [0.5, 0.6) is 5.75 Å². The minimum atomic E-state index is -4.74. The zero-order valence-electron chi connectivity index (χ0n) is 37.8. The van der Waals surface area contributed by atoms with E-state index in [9.17, 15) is 37.1 Å². The van der Waals surface area contributed by atoms with Crippen LogP contribution in [0.2, 0.25) is 5.02 Å². The van der Waals surface area contributed by atoms with E-state index in [1.165, 1.54) is 24.1 Å². The number of primary amides is 1. The van der Waals surface area contributed by atoms with Crippen LogP contribution in [0.15, 0.2) is 66.9 Å². The number of nitrogens with zero attached hydrogens (tertiary/aromatic N) is 4. The number of nitrogens with one attached hydrogen (secondary N) is 3. The molecule has 1 aromatic heterocycles. The molecule has 0 saturated carbocycles. The molecule has 5 amide bonds. The molecule has 19 heteroatoms. The van der Waals surface area contributed by atoms with E-state index in [-0.39, 0.29) is 71.7 Å². The van der Waals surface area contributed by atoms with Gasteiger partial charge in [0.15, 0.2) is 0 Å². The molecule has 3 saturated heterocycles. The molecule has 14 nitrogen and oxygen atoms in total. The molecule has 0 radical (unpaired) electrons. The van der Waals surface area contributed by atoms with Crippen molar-refractivity contribution < 1.29 is 46.3 Å². The molecule has 6 heterocycles. The van der Waals surface area contributed by atoms with E-state index in [1.54, 1.807) is 40.1 Å². The summed E-state index contributed by atoms with van der Waals surface area (Å²) in [5.74, 6) is -3.80. The Labute approximate surface area is 394 Å². The summed E-state index contributed by atoms with van der Waals surface area (Å²) in [6, 6.07) is 13.0. The van der Waals surface area contributed by atoms with Gasteiger partial charge in [0.2, 0.25) is 17.7 Å². The number of piperidine rings is 2. The summed E-state index contributed by atoms with van der Waals surface area (Å²) < 4.78 is 64.6. The number of methoxy groups -OCH3 is 1. The number of nitrogens with two attached hydrogens (primary N) is 1. The number of benzene rings is 3. The Hall–Kier alpha value is -6.43. The highest BCUT2D eigenvalue weighted by molar-refractivity contribution is 6.30. The van der Waals surface area contributed by atoms with E-state index in [1.807, 2.05) is 32.9 Å². The summed E-state index contributed by atoms with van der Waals surface area (Å²) in [5, 5.41) is 8.82. The van der Waals surface area contributed by atoms with Crippen LogP contribution in [0.3, 0.4) is 0 Å². The fraction of sp³-hybridized carbons (Fsp3) is 0.429. The Morgan fingerprint density at radius 3 is 2.44 bits per heavy atom. The number of anilines is 3. The molecule has 1 spiro atoms. The van der Waals surface area contributed by atoms with Gasteiger partial charge >= 0.3 is 6.18 Å². The lowest BCUT2D eigenvalue weighted by Gasteiger charge is -2.41. The highest BCUT2D eigenvalue weighted by atomic mass is 35.5. The number of carbonyl (C=O) groups excluding carboxylic acids is 5. The van der Waals surface area contributed by atoms with E-state index in [0.29, 0.717) is 54.7 Å². The van der Waals surface area contributed by atoms with Gasteiger partial charge in [0.25, 0.3) is 11.8 Å². The number of aromatic nitrogens is 1. The molecule has 4 aromatic rings. The monoisotopic (exact) mass is 958 g/mol. The second-order valence-corrected chi connectivity index (χ2v) is 19.9. The SMILES string of the molecule is COc1cc(C(=O)N2CCC(Nc3ccc4c(c3)CN(C3CCC(=O)NC3=O)C4=O)CC2)ccc1N1[C@@H](CC(C)(C)C)[C@@]2(CNc3cc(C(F)(F)F)ncc32)[C@@H](c2cccc(Cl)c2F)[C@@H]1C(N)=O. The number of halogens is 5. The molecule has 358 valence electrons. The number of carbonyl (C=O) groups is 5. The van der Waals surface area contributed by atoms with E-state index in [2.05, 4.69) is 20.9 Å². The largest absolute Gasteiger partial charge is 0.495 e. The number of hydrogen-bond donors (Lipinski definition) is 4. The predicted octanol–water partition coefficient (Wildman–Crippen LogP) is 7.01. The van der Waals surface area contributed by atoms with Gasteiger partial charge in [-0.2, -0.15) is 13.2 Å². The smallest absolute Gasteiger partial charge is 0.433 e. The van der Waals surface area contributed by atoms with Crippen molar-refractivity contribution in [3.05, 3.63) is 111 Å². The maximum atomic E-state index is 16.5. The summed E-state index contributed by atoms with van der Waals surface area (Å²) >= 11 is 6.40. The maximum Gasteiger partial charge on any atom is 0.433 e. The second-order valence-electron chi connectivity index (χ2n) is 19.5. The number of imide groups is 1. The van der Waals surface area contributed by atoms with Crippen LogP contribution in [0.4, 0.5) is 34.6 Å². The Balaban J connectivity index is 0.987. The molecule has 9 rings (SSSR count). The molecule has 0 bridgehead atoms. The van der Waals surface area contributed by atoms with Crippen LogP contribution >= 0.6 is 11.6 Å². The summed E-state index contributed by atoms with van der Waals surface area (Å²) in [7, 11) is 1.43. The van der Waals surface area contributed by atoms with Crippen molar-refractivity contribution in [3.8, 4) is 5.75 Å². The molecule has 5 aliphatic rings. The number of ether oxygens (including phenoxy) is 1. The van der Waals surface area contributed by atoms with E-state index in [0.717, 1.165) is 23.5 Å². The first-order valence-corrected chi connectivity index (χ1v) is 22.9. The van der Waals surface area contributed by atoms with Gasteiger partial charge in [-0.1, -0.05) is 44.5 Å². The lowest BCUT2D eigenvalue weighted by molar-refractivity contribution is -0.141. The highest BCUT2D eigenvalue weighted by Crippen LogP contribution is 2.61. The van der Waals surface area contributed by atoms with Crippen molar-refractivity contribution in [2.75, 3.05) is 42.3 Å². The predicted molar refractivity (Wildman–Crippen MR) is 245 cm³/mol. The highest BCUT2D eigenvalue weighted by Gasteiger charge is 2.66. The van der Waals surface area contributed by atoms with Gasteiger partial charge < -0.3 is 35.8 Å². The van der Waals surface area contributed by atoms with Gasteiger partial charge in [0, 0.05) is 90.3 Å². The summed E-state index contributed by atoms with van der Waals surface area (Å²) in [4.78, 5) is 74.6. The number of hydrogen-bond acceptors (Lipinski definition) is 10. The molecule has 5 atom stereocenters. The number of pyridine rings is 1. The first kappa shape index (κ1) is 46.7. The molecule has 5 N–H and O–H groups in total. The van der Waals surface area contributed by atoms with Gasteiger partial charge in [-0.25, -0.2) is 4.39 Å². The Morgan fingerprint density at radius 2 is 1.76 bits per heavy atom. The molecule has 68 heavy (non-hydrogen) atoms. The van der Waals surface area contributed by atoms with Crippen molar-refractivity contribution in [2.24, 2.45) is 11.1 Å². The van der Waals surface area contributed by atoms with Crippen LogP contribution in [0.25, 0.3) is 0 Å². The maximum absolute atomic E-state index is 16.5. The molecular weight excluding hydrogens is 908 g/mol. The topological polar surface area (TPSA) is 179 Å². The molecular formula is C49H51ClF4N8O6. The summed E-state index contributed by atoms with van der Waals surface area (Å²) in [6.45, 7) is 7.06. The van der Waals surface area contributed by atoms with Crippen molar-refractivity contribution in [1.29, 1.82) is 0 Å². The van der Waals surface area contributed by atoms with Crippen LogP contribution in [-0.2, 0) is 32.5 Å². The number of rotatable bonds is 9. The van der Waals surface area contributed by atoms with Crippen molar-refractivity contribution in [1.82, 2.24) is 20.1 Å². The van der Waals surface area contributed by atoms with Gasteiger partial charge in [-0.05, 0) is 90.8 Å². The molecule has 0 aliphatic carbocycles. The summed E-state index contributed by atoms with van der Waals surface area (Å²) in [5.41, 5.74) is 6.83. The van der Waals surface area contributed by atoms with Crippen LogP contribution in [0.1, 0.15) is 102 Å². The van der Waals surface area contributed by atoms with Crippen molar-refractivity contribution >= 4 is 58.2 Å². The minimum absolute atomic E-state index is 0.00196. The third kappa shape index (κ3) is 8.13. The average Bonchev–Trinajstić information content (AvgIpc) is 3.92. The van der Waals surface area contributed by atoms with Crippen molar-refractivity contribution in [3.63, 3.8) is 0 Å².